The monoisotopic (exact) mass is 102 g/mol. The van der Waals surface area contributed by atoms with Gasteiger partial charge in [0.2, 0.25) is 10.4 Å². The number of nitrogens with zero attached hydrogens (tertiary/aromatic N) is 4. The predicted octanol–water partition coefficient (Wildman–Crippen LogP) is -2.45. The van der Waals surface area contributed by atoms with E-state index in [1.807, 2.05) is 0 Å². The van der Waals surface area contributed by atoms with Crippen molar-refractivity contribution in [3.63, 3.8) is 0 Å². The van der Waals surface area contributed by atoms with Crippen LogP contribution in [0.1, 0.15) is 0 Å². The highest BCUT2D eigenvalue weighted by Crippen LogP contribution is 1.34. The van der Waals surface area contributed by atoms with E-state index in [0.717, 1.165) is 4.96 Å². The number of aromatic amines is 1. The van der Waals surface area contributed by atoms with Crippen LogP contribution in [0.4, 0.5) is 0 Å². The van der Waals surface area contributed by atoms with Gasteiger partial charge in [0, 0.05) is 0 Å². The SMILES string of the molecule is CO[n+]1nnn[nH]1. The van der Waals surface area contributed by atoms with Crippen molar-refractivity contribution in [2.24, 2.45) is 0 Å². The van der Waals surface area contributed by atoms with Gasteiger partial charge in [-0.1, -0.05) is 0 Å². The number of aromatic nitrogens is 5. The van der Waals surface area contributed by atoms with E-state index in [-0.39, 0.29) is 0 Å². The van der Waals surface area contributed by atoms with Crippen LogP contribution in [0, 0.1) is 0 Å². The molecule has 0 bridgehead atoms. The molecular weight excluding hydrogens is 98.0 g/mol. The fourth-order valence-corrected chi connectivity index (χ4v) is 0.212. The normalized spacial score (nSPS) is 8.71. The van der Waals surface area contributed by atoms with Gasteiger partial charge < -0.3 is 4.84 Å². The molecule has 0 unspecified atom stereocenters. The third-order valence-corrected chi connectivity index (χ3v) is 0.469. The lowest BCUT2D eigenvalue weighted by molar-refractivity contribution is -0.973. The second-order valence-corrected chi connectivity index (χ2v) is 0.834. The molecule has 0 saturated heterocycles. The van der Waals surface area contributed by atoms with Crippen LogP contribution in [0.15, 0.2) is 0 Å². The summed E-state index contributed by atoms with van der Waals surface area (Å²) in [6.07, 6.45) is 0. The minimum absolute atomic E-state index is 1.03. The zero-order valence-electron chi connectivity index (χ0n) is 3.70. The highest BCUT2D eigenvalue weighted by atomic mass is 16.7. The van der Waals surface area contributed by atoms with Crippen molar-refractivity contribution < 1.29 is 9.80 Å². The summed E-state index contributed by atoms with van der Waals surface area (Å²) in [5.74, 6) is 0. The smallest absolute Gasteiger partial charge is 0.234 e. The van der Waals surface area contributed by atoms with E-state index >= 15 is 0 Å². The van der Waals surface area contributed by atoms with Gasteiger partial charge >= 0.3 is 0 Å². The number of hydrogen-bond acceptors (Lipinski definition) is 4. The first kappa shape index (κ1) is 3.97. The fourth-order valence-electron chi connectivity index (χ4n) is 0.212. The highest BCUT2D eigenvalue weighted by Gasteiger charge is 1.93. The Kier molecular flexibility index (Phi) is 0.851. The van der Waals surface area contributed by atoms with E-state index in [1.165, 1.54) is 7.11 Å². The number of rotatable bonds is 1. The minimum Gasteiger partial charge on any atom is -0.325 e. The van der Waals surface area contributed by atoms with Crippen LogP contribution in [-0.4, -0.2) is 28.0 Å². The van der Waals surface area contributed by atoms with Crippen molar-refractivity contribution >= 4 is 0 Å². The second kappa shape index (κ2) is 1.50. The van der Waals surface area contributed by atoms with Crippen molar-refractivity contribution in [1.29, 1.82) is 0 Å². The summed E-state index contributed by atoms with van der Waals surface area (Å²) in [5, 5.41) is 12.0. The first-order chi connectivity index (χ1) is 3.43. The molecule has 1 aromatic rings. The Morgan fingerprint density at radius 3 is 2.86 bits per heavy atom. The lowest BCUT2D eigenvalue weighted by Gasteiger charge is -1.78. The van der Waals surface area contributed by atoms with Gasteiger partial charge in [0.05, 0.1) is 0 Å². The lowest BCUT2D eigenvalue weighted by Crippen LogP contribution is -2.45. The van der Waals surface area contributed by atoms with E-state index in [9.17, 15) is 0 Å². The standard InChI is InChI=1S/CH3N5O/c1-7-6-4-2-3-5-6/h1H3/p+1. The van der Waals surface area contributed by atoms with E-state index in [4.69, 9.17) is 0 Å². The summed E-state index contributed by atoms with van der Waals surface area (Å²) in [6.45, 7) is 0. The molecule has 6 nitrogen and oxygen atoms in total. The van der Waals surface area contributed by atoms with Gasteiger partial charge in [-0.05, 0) is 5.21 Å². The van der Waals surface area contributed by atoms with Gasteiger partial charge in [0.1, 0.15) is 12.1 Å². The van der Waals surface area contributed by atoms with Crippen molar-refractivity contribution in [2.45, 2.75) is 0 Å². The van der Waals surface area contributed by atoms with E-state index in [1.54, 1.807) is 0 Å². The maximum Gasteiger partial charge on any atom is 0.234 e. The molecule has 6 heteroatoms. The Hall–Kier alpha value is -1.20. The van der Waals surface area contributed by atoms with E-state index in [0.29, 0.717) is 0 Å². The molecule has 0 saturated carbocycles. The Labute approximate surface area is 39.0 Å². The summed E-state index contributed by atoms with van der Waals surface area (Å²) in [6, 6.07) is 0. The van der Waals surface area contributed by atoms with Crippen LogP contribution in [0.2, 0.25) is 0 Å². The maximum absolute atomic E-state index is 4.48. The van der Waals surface area contributed by atoms with Crippen LogP contribution < -0.4 is 9.80 Å². The molecule has 1 rings (SSSR count). The third kappa shape index (κ3) is 0.619. The fraction of sp³-hybridized carbons (Fsp3) is 1.00. The Morgan fingerprint density at radius 1 is 1.71 bits per heavy atom. The summed E-state index contributed by atoms with van der Waals surface area (Å²) in [5.41, 5.74) is 0. The number of H-pyrrole nitrogens is 1. The van der Waals surface area contributed by atoms with Crippen LogP contribution in [-0.2, 0) is 0 Å². The molecule has 0 atom stereocenters. The van der Waals surface area contributed by atoms with Crippen molar-refractivity contribution in [3.8, 4) is 0 Å². The molecule has 7 heavy (non-hydrogen) atoms. The molecule has 1 aromatic heterocycles. The molecule has 0 amide bonds. The topological polar surface area (TPSA) is 67.6 Å². The van der Waals surface area contributed by atoms with Gasteiger partial charge in [0.15, 0.2) is 5.21 Å². The maximum atomic E-state index is 4.48. The Bertz CT molecular complexity index is 123. The summed E-state index contributed by atoms with van der Waals surface area (Å²) >= 11 is 0. The molecule has 0 aliphatic carbocycles. The largest absolute Gasteiger partial charge is 0.325 e. The molecule has 0 fully saturated rings. The highest BCUT2D eigenvalue weighted by molar-refractivity contribution is 3.68. The van der Waals surface area contributed by atoms with Crippen LogP contribution in [0.3, 0.4) is 0 Å². The van der Waals surface area contributed by atoms with Gasteiger partial charge in [-0.2, -0.15) is 0 Å². The van der Waals surface area contributed by atoms with Gasteiger partial charge in [-0.3, -0.25) is 0 Å². The van der Waals surface area contributed by atoms with Gasteiger partial charge in [-0.25, -0.2) is 0 Å². The zero-order valence-corrected chi connectivity index (χ0v) is 3.70. The quantitative estimate of drug-likeness (QED) is 0.399. The molecule has 1 N–H and O–H groups in total. The Balaban J connectivity index is 2.76. The molecule has 0 radical (unpaired) electrons. The minimum atomic E-state index is 1.03. The molecular formula is CH4N5O+. The van der Waals surface area contributed by atoms with Crippen molar-refractivity contribution in [2.75, 3.05) is 7.11 Å². The second-order valence-electron chi connectivity index (χ2n) is 0.834. The molecule has 1 heterocycles. The van der Waals surface area contributed by atoms with Crippen LogP contribution in [0.25, 0.3) is 0 Å². The predicted molar refractivity (Wildman–Crippen MR) is 16.9 cm³/mol. The first-order valence-corrected chi connectivity index (χ1v) is 1.64. The zero-order chi connectivity index (χ0) is 5.11. The molecule has 0 aliphatic rings. The lowest BCUT2D eigenvalue weighted by atomic mass is 11.7. The van der Waals surface area contributed by atoms with Crippen molar-refractivity contribution in [3.05, 3.63) is 0 Å². The average molecular weight is 102 g/mol. The van der Waals surface area contributed by atoms with E-state index in [2.05, 4.69) is 25.7 Å². The first-order valence-electron chi connectivity index (χ1n) is 1.64. The number of hydrogen-bond donors (Lipinski definition) is 1. The summed E-state index contributed by atoms with van der Waals surface area (Å²) < 4.78 is 0. The average Bonchev–Trinajstić information content (AvgIpc) is 2.14. The van der Waals surface area contributed by atoms with Crippen molar-refractivity contribution in [1.82, 2.24) is 20.9 Å². The van der Waals surface area contributed by atoms with E-state index < -0.39 is 0 Å². The Morgan fingerprint density at radius 2 is 2.57 bits per heavy atom. The molecule has 38 valence electrons. The van der Waals surface area contributed by atoms with Gasteiger partial charge in [0.25, 0.3) is 0 Å². The summed E-state index contributed by atoms with van der Waals surface area (Å²) in [4.78, 5) is 5.51. The van der Waals surface area contributed by atoms with Gasteiger partial charge in [-0.15, -0.1) is 0 Å². The third-order valence-electron chi connectivity index (χ3n) is 0.469. The van der Waals surface area contributed by atoms with Crippen LogP contribution >= 0.6 is 0 Å². The summed E-state index contributed by atoms with van der Waals surface area (Å²) in [7, 11) is 1.45. The molecule has 0 spiro atoms. The molecule has 0 aromatic carbocycles. The van der Waals surface area contributed by atoms with Crippen LogP contribution in [0.5, 0.6) is 0 Å². The molecule has 0 aliphatic heterocycles. The number of nitrogens with one attached hydrogen (secondary N) is 1.